The minimum atomic E-state index is 0.146. The minimum absolute atomic E-state index is 0.146. The normalized spacial score (nSPS) is 18.9. The first-order chi connectivity index (χ1) is 8.25. The van der Waals surface area contributed by atoms with E-state index in [0.717, 1.165) is 30.7 Å². The van der Waals surface area contributed by atoms with Crippen LogP contribution in [0.25, 0.3) is 0 Å². The molecule has 0 bridgehead atoms. The lowest BCUT2D eigenvalue weighted by Crippen LogP contribution is -2.23. The molecular formula is C14H22N2O. The molecule has 94 valence electrons. The van der Waals surface area contributed by atoms with Crippen LogP contribution < -0.4 is 10.5 Å². The molecule has 2 N–H and O–H groups in total. The molecule has 2 rings (SSSR count). The van der Waals surface area contributed by atoms with Gasteiger partial charge in [-0.05, 0) is 45.1 Å². The first kappa shape index (κ1) is 12.4. The fraction of sp³-hybridized carbons (Fsp3) is 0.643. The Hall–Kier alpha value is -1.09. The molecule has 1 aliphatic rings. The Balaban J connectivity index is 2.03. The molecule has 1 heterocycles. The topological polar surface area (TPSA) is 48.1 Å². The SMILES string of the molecule is CC(N)Cc1cccnc1OC1CCCCC1. The van der Waals surface area contributed by atoms with Gasteiger partial charge in [-0.3, -0.25) is 0 Å². The van der Waals surface area contributed by atoms with Crippen LogP contribution in [0.1, 0.15) is 44.6 Å². The van der Waals surface area contributed by atoms with E-state index in [1.54, 1.807) is 6.20 Å². The van der Waals surface area contributed by atoms with Gasteiger partial charge in [0.1, 0.15) is 6.10 Å². The van der Waals surface area contributed by atoms with Gasteiger partial charge in [0.2, 0.25) is 5.88 Å². The van der Waals surface area contributed by atoms with Gasteiger partial charge in [0.25, 0.3) is 0 Å². The van der Waals surface area contributed by atoms with Crippen LogP contribution >= 0.6 is 0 Å². The van der Waals surface area contributed by atoms with Gasteiger partial charge < -0.3 is 10.5 Å². The maximum absolute atomic E-state index is 6.02. The van der Waals surface area contributed by atoms with Gasteiger partial charge >= 0.3 is 0 Å². The molecule has 1 aromatic rings. The minimum Gasteiger partial charge on any atom is -0.474 e. The van der Waals surface area contributed by atoms with Crippen molar-refractivity contribution in [2.75, 3.05) is 0 Å². The molecule has 1 atom stereocenters. The largest absolute Gasteiger partial charge is 0.474 e. The van der Waals surface area contributed by atoms with E-state index >= 15 is 0 Å². The van der Waals surface area contributed by atoms with E-state index in [1.165, 1.54) is 19.3 Å². The lowest BCUT2D eigenvalue weighted by atomic mass is 9.98. The third-order valence-corrected chi connectivity index (χ3v) is 3.22. The predicted octanol–water partition coefficient (Wildman–Crippen LogP) is 2.68. The van der Waals surface area contributed by atoms with Crippen molar-refractivity contribution in [1.82, 2.24) is 4.98 Å². The van der Waals surface area contributed by atoms with E-state index < -0.39 is 0 Å². The Morgan fingerprint density at radius 1 is 1.41 bits per heavy atom. The molecule has 1 aromatic heterocycles. The monoisotopic (exact) mass is 234 g/mol. The summed E-state index contributed by atoms with van der Waals surface area (Å²) in [6, 6.07) is 4.16. The van der Waals surface area contributed by atoms with Crippen molar-refractivity contribution in [3.05, 3.63) is 23.9 Å². The molecule has 3 heteroatoms. The summed E-state index contributed by atoms with van der Waals surface area (Å²) in [5.41, 5.74) is 6.98. The van der Waals surface area contributed by atoms with E-state index in [1.807, 2.05) is 13.0 Å². The maximum Gasteiger partial charge on any atom is 0.216 e. The summed E-state index contributed by atoms with van der Waals surface area (Å²) in [5, 5.41) is 0. The number of aromatic nitrogens is 1. The molecule has 3 nitrogen and oxygen atoms in total. The molecule has 1 aliphatic carbocycles. The Morgan fingerprint density at radius 2 is 2.18 bits per heavy atom. The number of nitrogens with two attached hydrogens (primary N) is 1. The summed E-state index contributed by atoms with van der Waals surface area (Å²) in [7, 11) is 0. The Morgan fingerprint density at radius 3 is 2.88 bits per heavy atom. The number of rotatable bonds is 4. The van der Waals surface area contributed by atoms with Crippen LogP contribution in [0.3, 0.4) is 0 Å². The van der Waals surface area contributed by atoms with Crippen LogP contribution in [0.4, 0.5) is 0 Å². The summed E-state index contributed by atoms with van der Waals surface area (Å²) in [6.07, 6.45) is 9.20. The summed E-state index contributed by atoms with van der Waals surface area (Å²) >= 11 is 0. The zero-order valence-corrected chi connectivity index (χ0v) is 10.6. The van der Waals surface area contributed by atoms with Gasteiger partial charge in [-0.2, -0.15) is 0 Å². The van der Waals surface area contributed by atoms with Crippen molar-refractivity contribution in [1.29, 1.82) is 0 Å². The second-order valence-corrected chi connectivity index (χ2v) is 5.03. The Bertz CT molecular complexity index is 346. The van der Waals surface area contributed by atoms with Gasteiger partial charge in [0, 0.05) is 17.8 Å². The van der Waals surface area contributed by atoms with Crippen molar-refractivity contribution in [3.63, 3.8) is 0 Å². The summed E-state index contributed by atoms with van der Waals surface area (Å²) < 4.78 is 6.02. The number of hydrogen-bond donors (Lipinski definition) is 1. The standard InChI is InChI=1S/C14H22N2O/c1-11(15)10-12-6-5-9-16-14(12)17-13-7-3-2-4-8-13/h5-6,9,11,13H,2-4,7-8,10,15H2,1H3. The second kappa shape index (κ2) is 6.01. The highest BCUT2D eigenvalue weighted by Gasteiger charge is 2.17. The zero-order valence-electron chi connectivity index (χ0n) is 10.6. The molecule has 0 amide bonds. The predicted molar refractivity (Wildman–Crippen MR) is 69.1 cm³/mol. The highest BCUT2D eigenvalue weighted by Crippen LogP contribution is 2.24. The lowest BCUT2D eigenvalue weighted by molar-refractivity contribution is 0.147. The van der Waals surface area contributed by atoms with Crippen molar-refractivity contribution in [3.8, 4) is 5.88 Å². The van der Waals surface area contributed by atoms with Crippen LogP contribution in [-0.4, -0.2) is 17.1 Å². The van der Waals surface area contributed by atoms with Crippen molar-refractivity contribution >= 4 is 0 Å². The van der Waals surface area contributed by atoms with Crippen molar-refractivity contribution < 1.29 is 4.74 Å². The van der Waals surface area contributed by atoms with Gasteiger partial charge in [-0.15, -0.1) is 0 Å². The van der Waals surface area contributed by atoms with E-state index in [2.05, 4.69) is 11.1 Å². The number of hydrogen-bond acceptors (Lipinski definition) is 3. The van der Waals surface area contributed by atoms with Crippen LogP contribution in [0.5, 0.6) is 5.88 Å². The first-order valence-electron chi connectivity index (χ1n) is 6.62. The zero-order chi connectivity index (χ0) is 12.1. The fourth-order valence-electron chi connectivity index (χ4n) is 2.37. The highest BCUT2D eigenvalue weighted by atomic mass is 16.5. The van der Waals surface area contributed by atoms with Crippen LogP contribution in [-0.2, 0) is 6.42 Å². The molecule has 1 unspecified atom stereocenters. The lowest BCUT2D eigenvalue weighted by Gasteiger charge is -2.23. The molecular weight excluding hydrogens is 212 g/mol. The smallest absolute Gasteiger partial charge is 0.216 e. The van der Waals surface area contributed by atoms with Crippen molar-refractivity contribution in [2.45, 2.75) is 57.6 Å². The Labute approximate surface area is 103 Å². The van der Waals surface area contributed by atoms with Gasteiger partial charge in [0.15, 0.2) is 0 Å². The third-order valence-electron chi connectivity index (χ3n) is 3.22. The van der Waals surface area contributed by atoms with Crippen LogP contribution in [0.2, 0.25) is 0 Å². The van der Waals surface area contributed by atoms with Gasteiger partial charge in [-0.25, -0.2) is 4.98 Å². The molecule has 1 fully saturated rings. The van der Waals surface area contributed by atoms with E-state index in [0.29, 0.717) is 6.10 Å². The summed E-state index contributed by atoms with van der Waals surface area (Å²) in [4.78, 5) is 4.35. The quantitative estimate of drug-likeness (QED) is 0.871. The maximum atomic E-state index is 6.02. The average molecular weight is 234 g/mol. The third kappa shape index (κ3) is 3.70. The van der Waals surface area contributed by atoms with Gasteiger partial charge in [-0.1, -0.05) is 12.5 Å². The van der Waals surface area contributed by atoms with Crippen LogP contribution in [0.15, 0.2) is 18.3 Å². The number of pyridine rings is 1. The molecule has 0 aliphatic heterocycles. The molecule has 0 spiro atoms. The average Bonchev–Trinajstić information content (AvgIpc) is 2.32. The number of nitrogens with zero attached hydrogens (tertiary/aromatic N) is 1. The fourth-order valence-corrected chi connectivity index (χ4v) is 2.37. The summed E-state index contributed by atoms with van der Waals surface area (Å²) in [6.45, 7) is 2.01. The molecule has 0 saturated heterocycles. The summed E-state index contributed by atoms with van der Waals surface area (Å²) in [5.74, 6) is 0.789. The highest BCUT2D eigenvalue weighted by molar-refractivity contribution is 5.26. The van der Waals surface area contributed by atoms with E-state index in [4.69, 9.17) is 10.5 Å². The second-order valence-electron chi connectivity index (χ2n) is 5.03. The van der Waals surface area contributed by atoms with E-state index in [-0.39, 0.29) is 6.04 Å². The first-order valence-corrected chi connectivity index (χ1v) is 6.62. The van der Waals surface area contributed by atoms with Crippen molar-refractivity contribution in [2.24, 2.45) is 5.73 Å². The van der Waals surface area contributed by atoms with E-state index in [9.17, 15) is 0 Å². The van der Waals surface area contributed by atoms with Gasteiger partial charge in [0.05, 0.1) is 0 Å². The van der Waals surface area contributed by atoms with Crippen LogP contribution in [0, 0.1) is 0 Å². The molecule has 17 heavy (non-hydrogen) atoms. The Kier molecular flexibility index (Phi) is 4.37. The molecule has 0 aromatic carbocycles. The molecule has 1 saturated carbocycles. The number of ether oxygens (including phenoxy) is 1. The molecule has 0 radical (unpaired) electrons.